The lowest BCUT2D eigenvalue weighted by Crippen LogP contribution is -2.38. The maximum Gasteiger partial charge on any atom is 0.256 e. The summed E-state index contributed by atoms with van der Waals surface area (Å²) in [5.41, 5.74) is -0.457. The molecule has 0 aromatic heterocycles. The third-order valence-electron chi connectivity index (χ3n) is 2.99. The quantitative estimate of drug-likeness (QED) is 0.870. The van der Waals surface area contributed by atoms with E-state index in [1.807, 2.05) is 0 Å². The highest BCUT2D eigenvalue weighted by atomic mass is 16.5. The molecule has 0 radical (unpaired) electrons. The van der Waals surface area contributed by atoms with Gasteiger partial charge in [-0.3, -0.25) is 9.79 Å². The van der Waals surface area contributed by atoms with E-state index in [2.05, 4.69) is 24.2 Å². The van der Waals surface area contributed by atoms with Crippen LogP contribution in [0, 0.1) is 5.92 Å². The monoisotopic (exact) mass is 261 g/mol. The Balaban J connectivity index is 2.17. The summed E-state index contributed by atoms with van der Waals surface area (Å²) < 4.78 is 5.57. The molecule has 5 nitrogen and oxygen atoms in total. The van der Waals surface area contributed by atoms with Crippen LogP contribution < -0.4 is 15.2 Å². The van der Waals surface area contributed by atoms with Crippen molar-refractivity contribution in [1.82, 2.24) is 5.32 Å². The van der Waals surface area contributed by atoms with E-state index in [1.54, 1.807) is 31.2 Å². The Kier molecular flexibility index (Phi) is 3.46. The summed E-state index contributed by atoms with van der Waals surface area (Å²) in [6, 6.07) is 6.50. The Labute approximate surface area is 112 Å². The van der Waals surface area contributed by atoms with Crippen molar-refractivity contribution in [3.05, 3.63) is 29.8 Å². The molecule has 1 heterocycles. The molecule has 19 heavy (non-hydrogen) atoms. The Bertz CT molecular complexity index is 508. The summed E-state index contributed by atoms with van der Waals surface area (Å²) in [5, 5.41) is 13.3. The number of amides is 1. The smallest absolute Gasteiger partial charge is 0.256 e. The number of nitrogens with zero attached hydrogens (tertiary/aromatic N) is 1. The second-order valence-corrected chi connectivity index (χ2v) is 5.17. The molecule has 0 unspecified atom stereocenters. The first kappa shape index (κ1) is 13.4. The van der Waals surface area contributed by atoms with Crippen molar-refractivity contribution in [2.45, 2.75) is 26.3 Å². The maximum atomic E-state index is 11.7. The Morgan fingerprint density at radius 3 is 2.47 bits per heavy atom. The van der Waals surface area contributed by atoms with Crippen LogP contribution in [-0.4, -0.2) is 18.5 Å². The molecule has 5 heteroatoms. The normalized spacial score (nSPS) is 22.3. The molecule has 1 aliphatic heterocycles. The van der Waals surface area contributed by atoms with Crippen LogP contribution in [0.3, 0.4) is 0 Å². The maximum absolute atomic E-state index is 11.7. The van der Waals surface area contributed by atoms with Crippen LogP contribution in [0.15, 0.2) is 29.3 Å². The molecule has 0 fully saturated rings. The van der Waals surface area contributed by atoms with Crippen molar-refractivity contribution in [3.8, 4) is 5.75 Å². The number of hydrogen-bond acceptors (Lipinski definition) is 4. The van der Waals surface area contributed by atoms with Gasteiger partial charge in [0, 0.05) is 0 Å². The van der Waals surface area contributed by atoms with E-state index in [1.165, 1.54) is 0 Å². The first-order chi connectivity index (χ1) is 8.91. The third kappa shape index (κ3) is 2.70. The highest BCUT2D eigenvalue weighted by molar-refractivity contribution is 6.04. The van der Waals surface area contributed by atoms with Gasteiger partial charge < -0.3 is 15.2 Å². The first-order valence-corrected chi connectivity index (χ1v) is 6.23. The number of carbonyl (C=O) groups excluding carboxylic acids is 1. The highest BCUT2D eigenvalue weighted by Crippen LogP contribution is 2.29. The number of aliphatic imine (C=N–C) groups is 1. The van der Waals surface area contributed by atoms with Gasteiger partial charge >= 0.3 is 0 Å². The van der Waals surface area contributed by atoms with Gasteiger partial charge in [-0.05, 0) is 30.5 Å². The number of hydrogen-bond donors (Lipinski definition) is 1. The second kappa shape index (κ2) is 4.91. The van der Waals surface area contributed by atoms with Gasteiger partial charge in [0.1, 0.15) is 5.75 Å². The van der Waals surface area contributed by atoms with Crippen LogP contribution in [0.5, 0.6) is 5.75 Å². The number of ether oxygens (including phenoxy) is 1. The topological polar surface area (TPSA) is 73.8 Å². The van der Waals surface area contributed by atoms with Crippen LogP contribution >= 0.6 is 0 Å². The molecule has 1 amide bonds. The van der Waals surface area contributed by atoms with E-state index in [0.29, 0.717) is 18.1 Å². The van der Waals surface area contributed by atoms with Gasteiger partial charge in [0.05, 0.1) is 12.6 Å². The van der Waals surface area contributed by atoms with Crippen molar-refractivity contribution in [2.24, 2.45) is 10.9 Å². The molecule has 0 bridgehead atoms. The molecule has 1 aromatic rings. The van der Waals surface area contributed by atoms with E-state index < -0.39 is 17.5 Å². The van der Waals surface area contributed by atoms with Crippen molar-refractivity contribution < 1.29 is 14.6 Å². The molecular weight excluding hydrogens is 244 g/mol. The number of rotatable bonds is 4. The van der Waals surface area contributed by atoms with Crippen molar-refractivity contribution in [2.75, 3.05) is 6.61 Å². The molecule has 0 saturated heterocycles. The van der Waals surface area contributed by atoms with E-state index >= 15 is 0 Å². The first-order valence-electron chi connectivity index (χ1n) is 6.23. The Morgan fingerprint density at radius 2 is 2.00 bits per heavy atom. The summed E-state index contributed by atoms with van der Waals surface area (Å²) in [7, 11) is 0. The zero-order valence-electron chi connectivity index (χ0n) is 11.3. The van der Waals surface area contributed by atoms with E-state index in [0.717, 1.165) is 5.75 Å². The lowest BCUT2D eigenvalue weighted by molar-refractivity contribution is -0.220. The fourth-order valence-electron chi connectivity index (χ4n) is 1.83. The largest absolute Gasteiger partial charge is 0.846 e. The summed E-state index contributed by atoms with van der Waals surface area (Å²) in [6.45, 7) is 6.41. The van der Waals surface area contributed by atoms with Gasteiger partial charge in [0.25, 0.3) is 5.91 Å². The lowest BCUT2D eigenvalue weighted by atomic mass is 9.92. The van der Waals surface area contributed by atoms with Crippen LogP contribution in [0.1, 0.15) is 26.3 Å². The number of nitrogens with one attached hydrogen (secondary N) is 1. The van der Waals surface area contributed by atoms with Gasteiger partial charge in [0.15, 0.2) is 5.54 Å². The third-order valence-corrected chi connectivity index (χ3v) is 2.99. The minimum absolute atomic E-state index is 0.395. The summed E-state index contributed by atoms with van der Waals surface area (Å²) >= 11 is 0. The molecule has 1 N–H and O–H groups in total. The van der Waals surface area contributed by atoms with Gasteiger partial charge in [0.2, 0.25) is 0 Å². The molecule has 1 atom stereocenters. The molecule has 102 valence electrons. The standard InChI is InChI=1S/C14H18N2O3/c1-9(2)8-19-11-6-4-10(5-7-11)14(3)12(17)15-13(18)16-14/h4-7,9H,8H2,1-3H3,(H2,15,16,17,18)/p-1/t14-/m1/s1. The summed E-state index contributed by atoms with van der Waals surface area (Å²) in [5.74, 6) is 0.796. The van der Waals surface area contributed by atoms with Gasteiger partial charge in [-0.15, -0.1) is 0 Å². The Hall–Kier alpha value is -2.04. The molecular formula is C14H17N2O3-. The van der Waals surface area contributed by atoms with Crippen LogP contribution in [-0.2, 0) is 10.3 Å². The molecule has 2 rings (SSSR count). The predicted molar refractivity (Wildman–Crippen MR) is 69.7 cm³/mol. The minimum atomic E-state index is -1.13. The molecule has 0 aliphatic carbocycles. The molecule has 1 aromatic carbocycles. The van der Waals surface area contributed by atoms with Crippen molar-refractivity contribution >= 4 is 11.9 Å². The van der Waals surface area contributed by atoms with Crippen molar-refractivity contribution in [1.29, 1.82) is 0 Å². The fourth-order valence-corrected chi connectivity index (χ4v) is 1.83. The fraction of sp³-hybridized carbons (Fsp3) is 0.429. The van der Waals surface area contributed by atoms with E-state index in [-0.39, 0.29) is 0 Å². The van der Waals surface area contributed by atoms with Crippen molar-refractivity contribution in [3.63, 3.8) is 0 Å². The van der Waals surface area contributed by atoms with E-state index in [4.69, 9.17) is 4.74 Å². The zero-order valence-corrected chi connectivity index (χ0v) is 11.3. The van der Waals surface area contributed by atoms with Gasteiger partial charge in [-0.1, -0.05) is 26.0 Å². The van der Waals surface area contributed by atoms with Gasteiger partial charge in [-0.2, -0.15) is 0 Å². The SMILES string of the molecule is CC(C)COc1ccc([C@@]2(C)N=C([O-])NC2=O)cc1. The Morgan fingerprint density at radius 1 is 1.37 bits per heavy atom. The molecule has 1 aliphatic rings. The molecule has 0 spiro atoms. The zero-order chi connectivity index (χ0) is 14.0. The van der Waals surface area contributed by atoms with Gasteiger partial charge in [-0.25, -0.2) is 0 Å². The van der Waals surface area contributed by atoms with E-state index in [9.17, 15) is 9.90 Å². The highest BCUT2D eigenvalue weighted by Gasteiger charge is 2.38. The molecule has 0 saturated carbocycles. The number of amidine groups is 1. The van der Waals surface area contributed by atoms with Crippen LogP contribution in [0.25, 0.3) is 0 Å². The average Bonchev–Trinajstić information content (AvgIpc) is 2.62. The van der Waals surface area contributed by atoms with Crippen LogP contribution in [0.4, 0.5) is 0 Å². The number of carbonyl (C=O) groups is 1. The summed E-state index contributed by atoms with van der Waals surface area (Å²) in [4.78, 5) is 15.6. The summed E-state index contributed by atoms with van der Waals surface area (Å²) in [6.07, 6.45) is 0. The predicted octanol–water partition coefficient (Wildman–Crippen LogP) is 0.783. The average molecular weight is 261 g/mol. The minimum Gasteiger partial charge on any atom is -0.846 e. The van der Waals surface area contributed by atoms with Crippen LogP contribution in [0.2, 0.25) is 0 Å². The second-order valence-electron chi connectivity index (χ2n) is 5.17. The number of benzene rings is 1. The lowest BCUT2D eigenvalue weighted by Gasteiger charge is -2.19.